The molecule has 0 unspecified atom stereocenters. The molecule has 0 nitrogen and oxygen atoms in total. The highest BCUT2D eigenvalue weighted by atomic mass is 79.9. The summed E-state index contributed by atoms with van der Waals surface area (Å²) in [5, 5.41) is 0. The Hall–Kier alpha value is -0.260. The van der Waals surface area contributed by atoms with Crippen molar-refractivity contribution in [3.05, 3.63) is 20.3 Å². The Bertz CT molecular complexity index is 309. The Morgan fingerprint density at radius 2 is 2.17 bits per heavy atom. The SMILES string of the molecule is C#CC(C)(C)c1cc(Br)c(C)s1. The maximum absolute atomic E-state index is 5.44. The third kappa shape index (κ3) is 1.73. The molecule has 0 fully saturated rings. The zero-order valence-corrected chi connectivity index (χ0v) is 9.84. The Kier molecular flexibility index (Phi) is 2.65. The van der Waals surface area contributed by atoms with Crippen molar-refractivity contribution in [2.24, 2.45) is 0 Å². The fraction of sp³-hybridized carbons (Fsp3) is 0.400. The molecule has 0 saturated heterocycles. The molecule has 0 bridgehead atoms. The smallest absolute Gasteiger partial charge is 0.0597 e. The van der Waals surface area contributed by atoms with Crippen molar-refractivity contribution in [2.75, 3.05) is 0 Å². The quantitative estimate of drug-likeness (QED) is 0.659. The summed E-state index contributed by atoms with van der Waals surface area (Å²) < 4.78 is 1.16. The van der Waals surface area contributed by atoms with E-state index in [1.807, 2.05) is 0 Å². The minimum Gasteiger partial charge on any atom is -0.143 e. The number of hydrogen-bond donors (Lipinski definition) is 0. The fourth-order valence-corrected chi connectivity index (χ4v) is 2.44. The van der Waals surface area contributed by atoms with E-state index in [0.29, 0.717) is 0 Å². The third-order valence-electron chi connectivity index (χ3n) is 1.83. The van der Waals surface area contributed by atoms with Gasteiger partial charge in [0.25, 0.3) is 0 Å². The van der Waals surface area contributed by atoms with Gasteiger partial charge in [0.1, 0.15) is 0 Å². The lowest BCUT2D eigenvalue weighted by molar-refractivity contribution is 0.716. The van der Waals surface area contributed by atoms with E-state index in [-0.39, 0.29) is 5.41 Å². The highest BCUT2D eigenvalue weighted by molar-refractivity contribution is 9.10. The number of halogens is 1. The summed E-state index contributed by atoms with van der Waals surface area (Å²) in [6, 6.07) is 2.11. The molecule has 0 spiro atoms. The van der Waals surface area contributed by atoms with Gasteiger partial charge in [-0.25, -0.2) is 0 Å². The molecule has 1 aromatic rings. The molecule has 0 amide bonds. The summed E-state index contributed by atoms with van der Waals surface area (Å²) in [6.45, 7) is 6.21. The van der Waals surface area contributed by atoms with Crippen molar-refractivity contribution >= 4 is 27.3 Å². The second-order valence-corrected chi connectivity index (χ2v) is 5.39. The summed E-state index contributed by atoms with van der Waals surface area (Å²) in [6.07, 6.45) is 5.44. The van der Waals surface area contributed by atoms with Gasteiger partial charge in [0.2, 0.25) is 0 Å². The van der Waals surface area contributed by atoms with E-state index in [2.05, 4.69) is 48.7 Å². The molecule has 0 N–H and O–H groups in total. The zero-order chi connectivity index (χ0) is 9.35. The Balaban J connectivity index is 3.14. The number of rotatable bonds is 1. The van der Waals surface area contributed by atoms with Crippen LogP contribution in [0.5, 0.6) is 0 Å². The average molecular weight is 243 g/mol. The predicted octanol–water partition coefficient (Wildman–Crippen LogP) is 3.73. The van der Waals surface area contributed by atoms with Gasteiger partial charge in [-0.05, 0) is 42.8 Å². The molecule has 64 valence electrons. The number of hydrogen-bond acceptors (Lipinski definition) is 1. The van der Waals surface area contributed by atoms with Gasteiger partial charge in [-0.1, -0.05) is 5.92 Å². The minimum absolute atomic E-state index is 0.137. The first kappa shape index (κ1) is 9.83. The van der Waals surface area contributed by atoms with Crippen LogP contribution >= 0.6 is 27.3 Å². The van der Waals surface area contributed by atoms with Gasteiger partial charge in [0.15, 0.2) is 0 Å². The van der Waals surface area contributed by atoms with Gasteiger partial charge in [-0.15, -0.1) is 17.8 Å². The number of terminal acetylenes is 1. The number of thiophene rings is 1. The largest absolute Gasteiger partial charge is 0.143 e. The molecule has 0 radical (unpaired) electrons. The standard InChI is InChI=1S/C10H11BrS/c1-5-10(3,4)9-6-8(11)7(2)12-9/h1,6H,2-4H3. The first-order valence-electron chi connectivity index (χ1n) is 3.71. The van der Waals surface area contributed by atoms with Crippen molar-refractivity contribution in [1.82, 2.24) is 0 Å². The fourth-order valence-electron chi connectivity index (χ4n) is 0.839. The second-order valence-electron chi connectivity index (χ2n) is 3.28. The molecule has 2 heteroatoms. The van der Waals surface area contributed by atoms with E-state index >= 15 is 0 Å². The van der Waals surface area contributed by atoms with Crippen LogP contribution in [0.3, 0.4) is 0 Å². The van der Waals surface area contributed by atoms with Crippen molar-refractivity contribution in [3.63, 3.8) is 0 Å². The van der Waals surface area contributed by atoms with E-state index in [4.69, 9.17) is 6.42 Å². The van der Waals surface area contributed by atoms with E-state index in [0.717, 1.165) is 4.47 Å². The lowest BCUT2D eigenvalue weighted by Crippen LogP contribution is -2.11. The minimum atomic E-state index is -0.137. The van der Waals surface area contributed by atoms with Crippen LogP contribution in [0.15, 0.2) is 10.5 Å². The van der Waals surface area contributed by atoms with Crippen LogP contribution in [0, 0.1) is 19.3 Å². The molecule has 12 heavy (non-hydrogen) atoms. The van der Waals surface area contributed by atoms with Crippen molar-refractivity contribution < 1.29 is 0 Å². The molecule has 0 atom stereocenters. The first-order chi connectivity index (χ1) is 5.47. The molecular formula is C10H11BrS. The van der Waals surface area contributed by atoms with Crippen LogP contribution in [-0.2, 0) is 5.41 Å². The van der Waals surface area contributed by atoms with Gasteiger partial charge >= 0.3 is 0 Å². The van der Waals surface area contributed by atoms with Crippen LogP contribution < -0.4 is 0 Å². The van der Waals surface area contributed by atoms with Crippen LogP contribution in [0.1, 0.15) is 23.6 Å². The van der Waals surface area contributed by atoms with Gasteiger partial charge in [-0.3, -0.25) is 0 Å². The lowest BCUT2D eigenvalue weighted by atomic mass is 9.93. The molecule has 0 aromatic carbocycles. The molecule has 0 aliphatic carbocycles. The van der Waals surface area contributed by atoms with E-state index in [1.165, 1.54) is 9.75 Å². The highest BCUT2D eigenvalue weighted by Crippen LogP contribution is 2.34. The molecule has 1 heterocycles. The molecule has 0 aliphatic rings. The maximum Gasteiger partial charge on any atom is 0.0597 e. The third-order valence-corrected chi connectivity index (χ3v) is 4.29. The number of aryl methyl sites for hydroxylation is 1. The molecule has 1 rings (SSSR count). The second kappa shape index (κ2) is 3.24. The summed E-state index contributed by atoms with van der Waals surface area (Å²) in [5.41, 5.74) is -0.137. The van der Waals surface area contributed by atoms with Crippen LogP contribution in [0.25, 0.3) is 0 Å². The predicted molar refractivity (Wildman–Crippen MR) is 58.6 cm³/mol. The summed E-state index contributed by atoms with van der Waals surface area (Å²) in [5.74, 6) is 2.79. The maximum atomic E-state index is 5.44. The van der Waals surface area contributed by atoms with Gasteiger partial charge in [0.05, 0.1) is 5.41 Å². The highest BCUT2D eigenvalue weighted by Gasteiger charge is 2.20. The molecule has 0 aliphatic heterocycles. The molecule has 1 aromatic heterocycles. The van der Waals surface area contributed by atoms with E-state index in [9.17, 15) is 0 Å². The lowest BCUT2D eigenvalue weighted by Gasteiger charge is -2.14. The summed E-state index contributed by atoms with van der Waals surface area (Å²) >= 11 is 5.24. The topological polar surface area (TPSA) is 0 Å². The van der Waals surface area contributed by atoms with Crippen molar-refractivity contribution in [2.45, 2.75) is 26.2 Å². The van der Waals surface area contributed by atoms with Gasteiger partial charge in [-0.2, -0.15) is 0 Å². The summed E-state index contributed by atoms with van der Waals surface area (Å²) in [4.78, 5) is 2.53. The average Bonchev–Trinajstić information content (AvgIpc) is 2.33. The van der Waals surface area contributed by atoms with E-state index in [1.54, 1.807) is 11.3 Å². The zero-order valence-electron chi connectivity index (χ0n) is 7.44. The Labute approximate surface area is 86.1 Å². The normalized spacial score (nSPS) is 11.2. The Morgan fingerprint density at radius 1 is 1.58 bits per heavy atom. The molecule has 0 saturated carbocycles. The monoisotopic (exact) mass is 242 g/mol. The van der Waals surface area contributed by atoms with Crippen molar-refractivity contribution in [3.8, 4) is 12.3 Å². The van der Waals surface area contributed by atoms with Gasteiger partial charge in [0, 0.05) is 14.2 Å². The Morgan fingerprint density at radius 3 is 2.50 bits per heavy atom. The van der Waals surface area contributed by atoms with Crippen LogP contribution in [0.4, 0.5) is 0 Å². The first-order valence-corrected chi connectivity index (χ1v) is 5.32. The molecular weight excluding hydrogens is 232 g/mol. The van der Waals surface area contributed by atoms with Gasteiger partial charge < -0.3 is 0 Å². The van der Waals surface area contributed by atoms with Crippen LogP contribution in [0.2, 0.25) is 0 Å². The van der Waals surface area contributed by atoms with Crippen molar-refractivity contribution in [1.29, 1.82) is 0 Å². The van der Waals surface area contributed by atoms with E-state index < -0.39 is 0 Å². The summed E-state index contributed by atoms with van der Waals surface area (Å²) in [7, 11) is 0. The van der Waals surface area contributed by atoms with Crippen LogP contribution in [-0.4, -0.2) is 0 Å².